The molecule has 7 heteroatoms. The van der Waals surface area contributed by atoms with Crippen molar-refractivity contribution in [2.45, 2.75) is 24.3 Å². The number of hydrogen-bond acceptors (Lipinski definition) is 4. The van der Waals surface area contributed by atoms with Crippen molar-refractivity contribution < 1.29 is 13.2 Å². The van der Waals surface area contributed by atoms with Crippen molar-refractivity contribution in [1.82, 2.24) is 9.71 Å². The van der Waals surface area contributed by atoms with E-state index in [4.69, 9.17) is 0 Å². The third kappa shape index (κ3) is 5.95. The van der Waals surface area contributed by atoms with Crippen LogP contribution in [0.15, 0.2) is 108 Å². The summed E-state index contributed by atoms with van der Waals surface area (Å²) in [7, 11) is -3.81. The van der Waals surface area contributed by atoms with Gasteiger partial charge < -0.3 is 5.32 Å². The summed E-state index contributed by atoms with van der Waals surface area (Å²) in [5.41, 5.74) is 4.01. The van der Waals surface area contributed by atoms with E-state index in [0.29, 0.717) is 5.69 Å². The van der Waals surface area contributed by atoms with Crippen molar-refractivity contribution in [2.24, 2.45) is 0 Å². The molecule has 172 valence electrons. The lowest BCUT2D eigenvalue weighted by molar-refractivity contribution is 0.102. The minimum absolute atomic E-state index is 0.0376. The van der Waals surface area contributed by atoms with Gasteiger partial charge in [0.15, 0.2) is 0 Å². The minimum atomic E-state index is -3.81. The molecule has 0 bridgehead atoms. The predicted molar refractivity (Wildman–Crippen MR) is 133 cm³/mol. The Kier molecular flexibility index (Phi) is 7.15. The largest absolute Gasteiger partial charge is 0.322 e. The molecule has 3 aromatic carbocycles. The Morgan fingerprint density at radius 3 is 2.24 bits per heavy atom. The fraction of sp³-hybridized carbons (Fsp3) is 0.111. The zero-order chi connectivity index (χ0) is 24.0. The van der Waals surface area contributed by atoms with Crippen LogP contribution in [0.3, 0.4) is 0 Å². The van der Waals surface area contributed by atoms with Crippen LogP contribution in [0, 0.1) is 0 Å². The molecule has 6 nitrogen and oxygen atoms in total. The zero-order valence-electron chi connectivity index (χ0n) is 18.7. The fourth-order valence-electron chi connectivity index (χ4n) is 3.56. The molecule has 1 amide bonds. The Morgan fingerprint density at radius 1 is 0.853 bits per heavy atom. The van der Waals surface area contributed by atoms with Gasteiger partial charge in [-0.1, -0.05) is 48.5 Å². The monoisotopic (exact) mass is 471 g/mol. The van der Waals surface area contributed by atoms with Gasteiger partial charge >= 0.3 is 0 Å². The molecule has 0 aliphatic carbocycles. The van der Waals surface area contributed by atoms with Gasteiger partial charge in [0, 0.05) is 29.7 Å². The summed E-state index contributed by atoms with van der Waals surface area (Å²) in [6.45, 7) is 1.78. The molecule has 4 rings (SSSR count). The Bertz CT molecular complexity index is 1360. The topological polar surface area (TPSA) is 88.2 Å². The second kappa shape index (κ2) is 10.4. The number of rotatable bonds is 8. The Hall–Kier alpha value is -3.81. The molecular weight excluding hydrogens is 446 g/mol. The van der Waals surface area contributed by atoms with Gasteiger partial charge in [0.25, 0.3) is 5.91 Å². The van der Waals surface area contributed by atoms with E-state index in [1.54, 1.807) is 31.5 Å². The van der Waals surface area contributed by atoms with Crippen LogP contribution >= 0.6 is 0 Å². The molecule has 0 aliphatic rings. The summed E-state index contributed by atoms with van der Waals surface area (Å²) in [5, 5.41) is 2.83. The smallest absolute Gasteiger partial charge is 0.255 e. The van der Waals surface area contributed by atoms with E-state index in [1.807, 2.05) is 66.7 Å². The van der Waals surface area contributed by atoms with Crippen LogP contribution in [0.1, 0.15) is 40.0 Å². The summed E-state index contributed by atoms with van der Waals surface area (Å²) in [6, 6.07) is 26.4. The van der Waals surface area contributed by atoms with Gasteiger partial charge in [0.2, 0.25) is 10.0 Å². The minimum Gasteiger partial charge on any atom is -0.322 e. The first-order chi connectivity index (χ1) is 16.4. The number of carbonyl (C=O) groups excluding carboxylic acids is 1. The van der Waals surface area contributed by atoms with Crippen molar-refractivity contribution in [2.75, 3.05) is 5.32 Å². The number of pyridine rings is 1. The third-order valence-corrected chi connectivity index (χ3v) is 6.95. The fourth-order valence-corrected chi connectivity index (χ4v) is 4.84. The van der Waals surface area contributed by atoms with Crippen LogP contribution in [-0.2, 0) is 16.4 Å². The number of benzene rings is 3. The highest BCUT2D eigenvalue weighted by atomic mass is 32.2. The van der Waals surface area contributed by atoms with E-state index in [-0.39, 0.29) is 16.4 Å². The zero-order valence-corrected chi connectivity index (χ0v) is 19.5. The molecule has 1 aromatic heterocycles. The SMILES string of the molecule is CC(NS(=O)(=O)c1cccc(C(=O)Nc2ccc(Cc3ccncc3)cc2)c1)c1ccccc1. The van der Waals surface area contributed by atoms with Gasteiger partial charge in [-0.15, -0.1) is 0 Å². The van der Waals surface area contributed by atoms with Crippen LogP contribution < -0.4 is 10.0 Å². The molecular formula is C27H25N3O3S. The van der Waals surface area contributed by atoms with Crippen molar-refractivity contribution in [1.29, 1.82) is 0 Å². The second-order valence-electron chi connectivity index (χ2n) is 7.96. The summed E-state index contributed by atoms with van der Waals surface area (Å²) < 4.78 is 28.4. The maximum Gasteiger partial charge on any atom is 0.255 e. The van der Waals surface area contributed by atoms with Crippen molar-refractivity contribution in [3.63, 3.8) is 0 Å². The van der Waals surface area contributed by atoms with Gasteiger partial charge in [-0.05, 0) is 72.5 Å². The molecule has 4 aromatic rings. The molecule has 1 atom stereocenters. The van der Waals surface area contributed by atoms with E-state index >= 15 is 0 Å². The third-order valence-electron chi connectivity index (χ3n) is 5.41. The molecule has 2 N–H and O–H groups in total. The Morgan fingerprint density at radius 2 is 1.53 bits per heavy atom. The summed E-state index contributed by atoms with van der Waals surface area (Å²) >= 11 is 0. The average molecular weight is 472 g/mol. The number of hydrogen-bond donors (Lipinski definition) is 2. The van der Waals surface area contributed by atoms with E-state index < -0.39 is 16.1 Å². The Balaban J connectivity index is 1.43. The van der Waals surface area contributed by atoms with E-state index in [2.05, 4.69) is 15.0 Å². The van der Waals surface area contributed by atoms with E-state index in [1.165, 1.54) is 12.1 Å². The number of nitrogens with one attached hydrogen (secondary N) is 2. The number of carbonyl (C=O) groups is 1. The maximum absolute atomic E-state index is 12.9. The highest BCUT2D eigenvalue weighted by Crippen LogP contribution is 2.19. The number of amides is 1. The molecule has 0 saturated heterocycles. The molecule has 0 saturated carbocycles. The first-order valence-corrected chi connectivity index (χ1v) is 12.4. The lowest BCUT2D eigenvalue weighted by Gasteiger charge is -2.15. The first kappa shape index (κ1) is 23.4. The lowest BCUT2D eigenvalue weighted by atomic mass is 10.1. The summed E-state index contributed by atoms with van der Waals surface area (Å²) in [4.78, 5) is 16.8. The lowest BCUT2D eigenvalue weighted by Crippen LogP contribution is -2.27. The number of nitrogens with zero attached hydrogens (tertiary/aromatic N) is 1. The molecule has 0 radical (unpaired) electrons. The molecule has 1 unspecified atom stereocenters. The van der Waals surface area contributed by atoms with E-state index in [0.717, 1.165) is 23.1 Å². The quantitative estimate of drug-likeness (QED) is 0.380. The Labute approximate surface area is 199 Å². The second-order valence-corrected chi connectivity index (χ2v) is 9.68. The molecule has 0 spiro atoms. The maximum atomic E-state index is 12.9. The van der Waals surface area contributed by atoms with Crippen LogP contribution in [0.25, 0.3) is 0 Å². The number of anilines is 1. The van der Waals surface area contributed by atoms with Gasteiger partial charge in [-0.2, -0.15) is 0 Å². The molecule has 1 heterocycles. The van der Waals surface area contributed by atoms with Crippen LogP contribution in [0.4, 0.5) is 5.69 Å². The average Bonchev–Trinajstić information content (AvgIpc) is 2.86. The van der Waals surface area contributed by atoms with E-state index in [9.17, 15) is 13.2 Å². The number of aromatic nitrogens is 1. The standard InChI is InChI=1S/C27H25N3O3S/c1-20(23-6-3-2-4-7-23)30-34(32,33)26-9-5-8-24(19-26)27(31)29-25-12-10-21(11-13-25)18-22-14-16-28-17-15-22/h2-17,19-20,30H,18H2,1H3,(H,29,31). The van der Waals surface area contributed by atoms with Crippen LogP contribution in [0.5, 0.6) is 0 Å². The van der Waals surface area contributed by atoms with Crippen molar-refractivity contribution >= 4 is 21.6 Å². The normalized spacial score (nSPS) is 12.1. The highest BCUT2D eigenvalue weighted by molar-refractivity contribution is 7.89. The summed E-state index contributed by atoms with van der Waals surface area (Å²) in [5.74, 6) is -0.380. The van der Waals surface area contributed by atoms with Gasteiger partial charge in [-0.3, -0.25) is 9.78 Å². The van der Waals surface area contributed by atoms with Gasteiger partial charge in [0.1, 0.15) is 0 Å². The van der Waals surface area contributed by atoms with Crippen molar-refractivity contribution in [3.05, 3.63) is 126 Å². The molecule has 0 fully saturated rings. The summed E-state index contributed by atoms with van der Waals surface area (Å²) in [6.07, 6.45) is 4.29. The van der Waals surface area contributed by atoms with Crippen molar-refractivity contribution in [3.8, 4) is 0 Å². The number of sulfonamides is 1. The van der Waals surface area contributed by atoms with Crippen LogP contribution in [0.2, 0.25) is 0 Å². The van der Waals surface area contributed by atoms with Gasteiger partial charge in [0.05, 0.1) is 4.90 Å². The highest BCUT2D eigenvalue weighted by Gasteiger charge is 2.20. The van der Waals surface area contributed by atoms with Crippen LogP contribution in [-0.4, -0.2) is 19.3 Å². The van der Waals surface area contributed by atoms with Gasteiger partial charge in [-0.25, -0.2) is 13.1 Å². The molecule has 34 heavy (non-hydrogen) atoms. The predicted octanol–water partition coefficient (Wildman–Crippen LogP) is 4.96. The molecule has 0 aliphatic heterocycles. The first-order valence-electron chi connectivity index (χ1n) is 10.9.